The molecule has 0 amide bonds. The summed E-state index contributed by atoms with van der Waals surface area (Å²) in [6, 6.07) is 27.5. The third-order valence-electron chi connectivity index (χ3n) is 5.46. The standard InChI is InChI=1S/C28H26N4O2/c1-19-16-21(3)31(29-19)23-8-12-25(13-9-23)33-27-6-5-7-28(18-27)34-26-14-10-24(11-15-26)32-22(4)17-20(2)30-32/h5-18H,1-4H3. The van der Waals surface area contributed by atoms with Crippen molar-refractivity contribution in [1.82, 2.24) is 19.6 Å². The normalized spacial score (nSPS) is 10.9. The Kier molecular flexibility index (Phi) is 5.64. The van der Waals surface area contributed by atoms with Gasteiger partial charge in [-0.15, -0.1) is 0 Å². The van der Waals surface area contributed by atoms with Crippen LogP contribution in [0.5, 0.6) is 23.0 Å². The van der Waals surface area contributed by atoms with Crippen LogP contribution in [-0.4, -0.2) is 19.6 Å². The topological polar surface area (TPSA) is 54.1 Å². The molecule has 0 aliphatic heterocycles. The molecule has 0 aliphatic rings. The summed E-state index contributed by atoms with van der Waals surface area (Å²) < 4.78 is 16.0. The van der Waals surface area contributed by atoms with Gasteiger partial charge in [-0.05, 0) is 100 Å². The second-order valence-electron chi connectivity index (χ2n) is 8.34. The molecule has 6 heteroatoms. The van der Waals surface area contributed by atoms with Crippen molar-refractivity contribution in [2.24, 2.45) is 0 Å². The fraction of sp³-hybridized carbons (Fsp3) is 0.143. The highest BCUT2D eigenvalue weighted by Crippen LogP contribution is 2.29. The summed E-state index contributed by atoms with van der Waals surface area (Å²) in [6.07, 6.45) is 0. The average Bonchev–Trinajstić information content (AvgIpc) is 3.34. The minimum Gasteiger partial charge on any atom is -0.457 e. The van der Waals surface area contributed by atoms with Crippen molar-refractivity contribution < 1.29 is 9.47 Å². The van der Waals surface area contributed by atoms with Gasteiger partial charge in [-0.1, -0.05) is 6.07 Å². The molecule has 0 fully saturated rings. The highest BCUT2D eigenvalue weighted by molar-refractivity contribution is 5.44. The minimum absolute atomic E-state index is 0.704. The van der Waals surface area contributed by atoms with Gasteiger partial charge in [0.15, 0.2) is 0 Å². The van der Waals surface area contributed by atoms with Crippen LogP contribution in [0, 0.1) is 27.7 Å². The van der Waals surface area contributed by atoms with E-state index in [1.807, 2.05) is 110 Å². The van der Waals surface area contributed by atoms with Gasteiger partial charge >= 0.3 is 0 Å². The number of hydrogen-bond acceptors (Lipinski definition) is 4. The Morgan fingerprint density at radius 1 is 0.500 bits per heavy atom. The molecule has 0 atom stereocenters. The van der Waals surface area contributed by atoms with Gasteiger partial charge in [-0.2, -0.15) is 10.2 Å². The van der Waals surface area contributed by atoms with Crippen molar-refractivity contribution >= 4 is 0 Å². The van der Waals surface area contributed by atoms with Crippen LogP contribution in [0.4, 0.5) is 0 Å². The summed E-state index contributed by atoms with van der Waals surface area (Å²) in [5.41, 5.74) is 6.18. The van der Waals surface area contributed by atoms with Crippen LogP contribution in [0.3, 0.4) is 0 Å². The quantitative estimate of drug-likeness (QED) is 0.283. The van der Waals surface area contributed by atoms with E-state index in [9.17, 15) is 0 Å². The summed E-state index contributed by atoms with van der Waals surface area (Å²) in [6.45, 7) is 8.07. The van der Waals surface area contributed by atoms with Crippen molar-refractivity contribution in [2.45, 2.75) is 27.7 Å². The van der Waals surface area contributed by atoms with E-state index in [0.29, 0.717) is 11.5 Å². The van der Waals surface area contributed by atoms with Crippen molar-refractivity contribution in [1.29, 1.82) is 0 Å². The van der Waals surface area contributed by atoms with Crippen molar-refractivity contribution in [3.8, 4) is 34.4 Å². The Balaban J connectivity index is 1.27. The highest BCUT2D eigenvalue weighted by atomic mass is 16.5. The van der Waals surface area contributed by atoms with Crippen LogP contribution in [0.25, 0.3) is 11.4 Å². The van der Waals surface area contributed by atoms with Gasteiger partial charge in [0.05, 0.1) is 22.8 Å². The molecule has 2 heterocycles. The lowest BCUT2D eigenvalue weighted by molar-refractivity contribution is 0.460. The number of benzene rings is 3. The average molecular weight is 451 g/mol. The van der Waals surface area contributed by atoms with Crippen molar-refractivity contribution in [2.75, 3.05) is 0 Å². The first-order chi connectivity index (χ1) is 16.4. The molecule has 5 rings (SSSR count). The van der Waals surface area contributed by atoms with E-state index in [4.69, 9.17) is 9.47 Å². The van der Waals surface area contributed by atoms with Crippen LogP contribution >= 0.6 is 0 Å². The van der Waals surface area contributed by atoms with Crippen molar-refractivity contribution in [3.63, 3.8) is 0 Å². The van der Waals surface area contributed by atoms with Crippen LogP contribution in [0.1, 0.15) is 22.8 Å². The molecule has 0 N–H and O–H groups in total. The minimum atomic E-state index is 0.704. The zero-order valence-electron chi connectivity index (χ0n) is 19.7. The summed E-state index contributed by atoms with van der Waals surface area (Å²) in [5, 5.41) is 9.06. The van der Waals surface area contributed by atoms with E-state index in [1.165, 1.54) is 0 Å². The van der Waals surface area contributed by atoms with Crippen molar-refractivity contribution in [3.05, 3.63) is 108 Å². The Morgan fingerprint density at radius 3 is 1.26 bits per heavy atom. The summed E-state index contributed by atoms with van der Waals surface area (Å²) in [5.74, 6) is 2.90. The van der Waals surface area contributed by atoms with Gasteiger partial charge in [-0.25, -0.2) is 9.36 Å². The first-order valence-electron chi connectivity index (χ1n) is 11.2. The monoisotopic (exact) mass is 450 g/mol. The van der Waals surface area contributed by atoms with Gasteiger partial charge in [0.25, 0.3) is 0 Å². The predicted molar refractivity (Wildman–Crippen MR) is 133 cm³/mol. The SMILES string of the molecule is Cc1cc(C)n(-c2ccc(Oc3cccc(Oc4ccc(-n5nc(C)cc5C)cc4)c3)cc2)n1. The maximum atomic E-state index is 6.05. The van der Waals surface area contributed by atoms with Crippen LogP contribution in [0.2, 0.25) is 0 Å². The molecule has 34 heavy (non-hydrogen) atoms. The Labute approximate surface area is 199 Å². The molecular formula is C28H26N4O2. The molecule has 0 radical (unpaired) electrons. The fourth-order valence-corrected chi connectivity index (χ4v) is 3.96. The van der Waals surface area contributed by atoms with Crippen LogP contribution in [0.15, 0.2) is 84.9 Å². The van der Waals surface area contributed by atoms with Gasteiger partial charge < -0.3 is 9.47 Å². The Morgan fingerprint density at radius 2 is 0.912 bits per heavy atom. The number of hydrogen-bond donors (Lipinski definition) is 0. The smallest absolute Gasteiger partial charge is 0.131 e. The zero-order valence-corrected chi connectivity index (χ0v) is 19.7. The van der Waals surface area contributed by atoms with Crippen LogP contribution < -0.4 is 9.47 Å². The molecule has 0 bridgehead atoms. The maximum absolute atomic E-state index is 6.05. The second-order valence-corrected chi connectivity index (χ2v) is 8.34. The van der Waals surface area contributed by atoms with E-state index in [2.05, 4.69) is 22.3 Å². The molecular weight excluding hydrogens is 424 g/mol. The van der Waals surface area contributed by atoms with Gasteiger partial charge in [0.2, 0.25) is 0 Å². The lowest BCUT2D eigenvalue weighted by atomic mass is 10.2. The van der Waals surface area contributed by atoms with Crippen LogP contribution in [-0.2, 0) is 0 Å². The number of rotatable bonds is 6. The van der Waals surface area contributed by atoms with Gasteiger partial charge in [0, 0.05) is 17.5 Å². The first kappa shape index (κ1) is 21.5. The number of aryl methyl sites for hydroxylation is 4. The predicted octanol–water partition coefficient (Wildman–Crippen LogP) is 6.88. The lowest BCUT2D eigenvalue weighted by Crippen LogP contribution is -1.98. The van der Waals surface area contributed by atoms with Gasteiger partial charge in [0.1, 0.15) is 23.0 Å². The fourth-order valence-electron chi connectivity index (χ4n) is 3.96. The summed E-state index contributed by atoms with van der Waals surface area (Å²) in [7, 11) is 0. The first-order valence-corrected chi connectivity index (χ1v) is 11.2. The maximum Gasteiger partial charge on any atom is 0.131 e. The number of aromatic nitrogens is 4. The molecule has 3 aromatic carbocycles. The number of nitrogens with zero attached hydrogens (tertiary/aromatic N) is 4. The second kappa shape index (κ2) is 8.90. The largest absolute Gasteiger partial charge is 0.457 e. The Hall–Kier alpha value is -4.32. The zero-order chi connectivity index (χ0) is 23.7. The number of ether oxygens (including phenoxy) is 2. The molecule has 5 aromatic rings. The molecule has 0 saturated carbocycles. The third kappa shape index (κ3) is 4.57. The lowest BCUT2D eigenvalue weighted by Gasteiger charge is -2.11. The summed E-state index contributed by atoms with van der Waals surface area (Å²) >= 11 is 0. The highest BCUT2D eigenvalue weighted by Gasteiger charge is 2.07. The van der Waals surface area contributed by atoms with E-state index >= 15 is 0 Å². The van der Waals surface area contributed by atoms with E-state index < -0.39 is 0 Å². The summed E-state index contributed by atoms with van der Waals surface area (Å²) in [4.78, 5) is 0. The molecule has 0 spiro atoms. The molecule has 0 unspecified atom stereocenters. The van der Waals surface area contributed by atoms with Gasteiger partial charge in [-0.3, -0.25) is 0 Å². The molecule has 0 saturated heterocycles. The third-order valence-corrected chi connectivity index (χ3v) is 5.46. The van der Waals surface area contributed by atoms with E-state index in [-0.39, 0.29) is 0 Å². The van der Waals surface area contributed by atoms with E-state index in [0.717, 1.165) is 45.6 Å². The Bertz CT molecular complexity index is 1320. The molecule has 0 aliphatic carbocycles. The molecule has 2 aromatic heterocycles. The van der Waals surface area contributed by atoms with E-state index in [1.54, 1.807) is 0 Å². The molecule has 170 valence electrons. The molecule has 6 nitrogen and oxygen atoms in total.